The van der Waals surface area contributed by atoms with Crippen molar-refractivity contribution < 1.29 is 37.3 Å². The highest BCUT2D eigenvalue weighted by molar-refractivity contribution is 7.91. The van der Waals surface area contributed by atoms with E-state index in [1.54, 1.807) is 30.3 Å². The molecule has 2 aromatic carbocycles. The molecule has 11 nitrogen and oxygen atoms in total. The van der Waals surface area contributed by atoms with Crippen LogP contribution in [0.2, 0.25) is 0 Å². The molecule has 4 N–H and O–H groups in total. The molecule has 4 unspecified atom stereocenters. The minimum absolute atomic E-state index is 0.0181. The lowest BCUT2D eigenvalue weighted by molar-refractivity contribution is -0.212. The van der Waals surface area contributed by atoms with Crippen LogP contribution in [0, 0.1) is 5.41 Å². The van der Waals surface area contributed by atoms with E-state index in [9.17, 15) is 23.1 Å². The third kappa shape index (κ3) is 7.97. The molecule has 0 saturated heterocycles. The molecule has 44 heavy (non-hydrogen) atoms. The van der Waals surface area contributed by atoms with Gasteiger partial charge in [-0.2, -0.15) is 0 Å². The number of primary amides is 1. The van der Waals surface area contributed by atoms with Crippen LogP contribution in [0.3, 0.4) is 0 Å². The van der Waals surface area contributed by atoms with Crippen molar-refractivity contribution in [3.05, 3.63) is 53.6 Å². The molecule has 1 aliphatic heterocycles. The fraction of sp³-hybridized carbons (Fsp3) is 0.562. The van der Waals surface area contributed by atoms with E-state index in [0.717, 1.165) is 18.5 Å². The van der Waals surface area contributed by atoms with Crippen LogP contribution in [-0.2, 0) is 33.6 Å². The summed E-state index contributed by atoms with van der Waals surface area (Å²) in [5, 5.41) is 15.0. The van der Waals surface area contributed by atoms with Gasteiger partial charge in [-0.3, -0.25) is 9.59 Å². The summed E-state index contributed by atoms with van der Waals surface area (Å²) in [7, 11) is 1.35. The van der Waals surface area contributed by atoms with Crippen LogP contribution in [0.4, 0.5) is 11.4 Å². The van der Waals surface area contributed by atoms with Crippen molar-refractivity contribution in [2.75, 3.05) is 57.0 Å². The number of ether oxygens (including phenoxy) is 3. The largest absolute Gasteiger partial charge is 0.392 e. The minimum Gasteiger partial charge on any atom is -0.392 e. The van der Waals surface area contributed by atoms with Crippen molar-refractivity contribution in [2.24, 2.45) is 11.1 Å². The van der Waals surface area contributed by atoms with E-state index in [1.807, 2.05) is 38.1 Å². The first-order valence-electron chi connectivity index (χ1n) is 14.9. The van der Waals surface area contributed by atoms with Crippen LogP contribution in [0.15, 0.2) is 47.4 Å². The molecule has 2 amide bonds. The molecular weight excluding hydrogens is 586 g/mol. The molecule has 4 atom stereocenters. The normalized spacial score (nSPS) is 22.3. The number of rotatable bonds is 15. The number of aliphatic hydroxyl groups is 1. The fourth-order valence-corrected chi connectivity index (χ4v) is 7.95. The van der Waals surface area contributed by atoms with Crippen LogP contribution < -0.4 is 16.0 Å². The van der Waals surface area contributed by atoms with Gasteiger partial charge < -0.3 is 35.3 Å². The highest BCUT2D eigenvalue weighted by atomic mass is 32.2. The number of nitrogens with zero attached hydrogens (tertiary/aromatic N) is 1. The number of carbonyl (C=O) groups excluding carboxylic acids is 2. The van der Waals surface area contributed by atoms with Gasteiger partial charge in [0.15, 0.2) is 9.84 Å². The number of amides is 2. The monoisotopic (exact) mass is 633 g/mol. The quantitative estimate of drug-likeness (QED) is 0.197. The summed E-state index contributed by atoms with van der Waals surface area (Å²) >= 11 is 0. The molecule has 1 aliphatic rings. The molecule has 0 aliphatic carbocycles. The predicted molar refractivity (Wildman–Crippen MR) is 169 cm³/mol. The highest BCUT2D eigenvalue weighted by Gasteiger charge is 2.49. The van der Waals surface area contributed by atoms with Gasteiger partial charge >= 0.3 is 0 Å². The average molecular weight is 634 g/mol. The third-order valence-corrected chi connectivity index (χ3v) is 10.5. The van der Waals surface area contributed by atoms with E-state index in [1.165, 1.54) is 14.0 Å². The Balaban J connectivity index is 1.90. The maximum absolute atomic E-state index is 13.9. The molecule has 12 heteroatoms. The predicted octanol–water partition coefficient (Wildman–Crippen LogP) is 3.44. The number of hydrogen-bond acceptors (Lipinski definition) is 9. The van der Waals surface area contributed by atoms with Crippen molar-refractivity contribution in [3.8, 4) is 0 Å². The number of hydrogen-bond donors (Lipinski definition) is 3. The molecule has 0 bridgehead atoms. The number of carbonyl (C=O) groups is 2. The van der Waals surface area contributed by atoms with Gasteiger partial charge in [0, 0.05) is 43.9 Å². The van der Waals surface area contributed by atoms with E-state index in [0.29, 0.717) is 29.7 Å². The van der Waals surface area contributed by atoms with Crippen molar-refractivity contribution >= 4 is 33.0 Å². The summed E-state index contributed by atoms with van der Waals surface area (Å²) in [5.74, 6) is -3.58. The van der Waals surface area contributed by atoms with Gasteiger partial charge in [0.2, 0.25) is 11.7 Å². The molecule has 0 radical (unpaired) electrons. The number of anilines is 2. The molecular formula is C32H47N3O8S. The third-order valence-electron chi connectivity index (χ3n) is 8.54. The Hall–Kier alpha value is -3.03. The SMILES string of the molecule is CCCCC1(CC)CS(=O)(=O)c2ccc(N(C)C)cc2C(c2cccc(NC(=O)COCCOC(C)(OC)C(N)=O)c2)C1O. The summed E-state index contributed by atoms with van der Waals surface area (Å²) < 4.78 is 43.5. The molecule has 1 heterocycles. The second-order valence-corrected chi connectivity index (χ2v) is 13.7. The lowest BCUT2D eigenvalue weighted by atomic mass is 9.69. The molecule has 2 aromatic rings. The summed E-state index contributed by atoms with van der Waals surface area (Å²) in [5.41, 5.74) is 6.96. The first-order valence-corrected chi connectivity index (χ1v) is 16.6. The van der Waals surface area contributed by atoms with E-state index in [4.69, 9.17) is 19.9 Å². The van der Waals surface area contributed by atoms with Crippen LogP contribution >= 0.6 is 0 Å². The van der Waals surface area contributed by atoms with Crippen LogP contribution in [-0.4, -0.2) is 84.0 Å². The maximum atomic E-state index is 13.9. The van der Waals surface area contributed by atoms with Gasteiger partial charge in [-0.05, 0) is 61.2 Å². The molecule has 3 rings (SSSR count). The number of unbranched alkanes of at least 4 members (excludes halogenated alkanes) is 1. The number of aliphatic hydroxyl groups excluding tert-OH is 1. The van der Waals surface area contributed by atoms with Gasteiger partial charge in [0.25, 0.3) is 5.91 Å². The Morgan fingerprint density at radius 2 is 1.89 bits per heavy atom. The van der Waals surface area contributed by atoms with E-state index in [2.05, 4.69) is 12.2 Å². The summed E-state index contributed by atoms with van der Waals surface area (Å²) in [6.45, 7) is 5.11. The summed E-state index contributed by atoms with van der Waals surface area (Å²) in [6.07, 6.45) is 1.76. The Bertz CT molecular complexity index is 1420. The van der Waals surface area contributed by atoms with E-state index < -0.39 is 44.9 Å². The molecule has 0 saturated carbocycles. The smallest absolute Gasteiger partial charge is 0.277 e. The Kier molecular flexibility index (Phi) is 12.0. The standard InChI is InChI=1S/C32H47N3O8S/c1-7-9-15-32(8-2)21-44(39,40)26-14-13-24(35(4)5)19-25(26)28(29(32)37)22-11-10-12-23(18-22)34-27(36)20-42-16-17-43-31(3,41-6)30(33)38/h10-14,18-19,28-29,37H,7-9,15-17,20-21H2,1-6H3,(H2,33,38)(H,34,36). The number of sulfone groups is 1. The molecule has 244 valence electrons. The Morgan fingerprint density at radius 1 is 1.16 bits per heavy atom. The lowest BCUT2D eigenvalue weighted by Crippen LogP contribution is -2.45. The maximum Gasteiger partial charge on any atom is 0.277 e. The van der Waals surface area contributed by atoms with Crippen molar-refractivity contribution in [3.63, 3.8) is 0 Å². The van der Waals surface area contributed by atoms with Crippen molar-refractivity contribution in [1.29, 1.82) is 0 Å². The second kappa shape index (κ2) is 14.8. The van der Waals surface area contributed by atoms with Gasteiger partial charge in [-0.15, -0.1) is 0 Å². The number of nitrogens with one attached hydrogen (secondary N) is 1. The highest BCUT2D eigenvalue weighted by Crippen LogP contribution is 2.49. The summed E-state index contributed by atoms with van der Waals surface area (Å²) in [4.78, 5) is 26.3. The number of methoxy groups -OCH3 is 1. The van der Waals surface area contributed by atoms with Gasteiger partial charge in [-0.25, -0.2) is 8.42 Å². The fourth-order valence-electron chi connectivity index (χ4n) is 5.70. The van der Waals surface area contributed by atoms with Gasteiger partial charge in [0.05, 0.1) is 30.0 Å². The van der Waals surface area contributed by atoms with Crippen molar-refractivity contribution in [1.82, 2.24) is 0 Å². The zero-order chi connectivity index (χ0) is 32.7. The average Bonchev–Trinajstić information content (AvgIpc) is 3.05. The van der Waals surface area contributed by atoms with E-state index in [-0.39, 0.29) is 30.5 Å². The zero-order valence-corrected chi connectivity index (χ0v) is 27.4. The topological polar surface area (TPSA) is 157 Å². The van der Waals surface area contributed by atoms with Gasteiger partial charge in [-0.1, -0.05) is 38.8 Å². The van der Waals surface area contributed by atoms with E-state index >= 15 is 0 Å². The molecule has 0 aromatic heterocycles. The molecule has 0 fully saturated rings. The Morgan fingerprint density at radius 3 is 2.50 bits per heavy atom. The van der Waals surface area contributed by atoms with Crippen molar-refractivity contribution in [2.45, 2.75) is 69.2 Å². The zero-order valence-electron chi connectivity index (χ0n) is 26.6. The van der Waals surface area contributed by atoms with Crippen LogP contribution in [0.25, 0.3) is 0 Å². The lowest BCUT2D eigenvalue weighted by Gasteiger charge is -2.39. The van der Waals surface area contributed by atoms with Crippen LogP contribution in [0.1, 0.15) is 63.5 Å². The Labute approximate surface area is 261 Å². The molecule has 0 spiro atoms. The summed E-state index contributed by atoms with van der Waals surface area (Å²) in [6, 6.07) is 12.4. The first-order chi connectivity index (χ1) is 20.7. The minimum atomic E-state index is -3.71. The van der Waals surface area contributed by atoms with Crippen LogP contribution in [0.5, 0.6) is 0 Å². The first kappa shape index (κ1) is 35.4. The van der Waals surface area contributed by atoms with Gasteiger partial charge in [0.1, 0.15) is 6.61 Å². The number of benzene rings is 2. The number of nitrogens with two attached hydrogens (primary N) is 1. The number of fused-ring (bicyclic) bond motifs is 1. The second-order valence-electron chi connectivity index (χ2n) is 11.7.